The molecule has 1 atom stereocenters. The number of aryl methyl sites for hydroxylation is 2. The zero-order valence-electron chi connectivity index (χ0n) is 16.3. The third-order valence-electron chi connectivity index (χ3n) is 5.00. The van der Waals surface area contributed by atoms with Gasteiger partial charge in [-0.05, 0) is 48.7 Å². The van der Waals surface area contributed by atoms with Gasteiger partial charge in [-0.25, -0.2) is 4.39 Å². The highest BCUT2D eigenvalue weighted by atomic mass is 19.1. The largest absolute Gasteiger partial charge is 0.369 e. The predicted octanol–water partition coefficient (Wildman–Crippen LogP) is 3.43. The first-order valence-corrected chi connectivity index (χ1v) is 9.58. The Morgan fingerprint density at radius 3 is 2.71 bits per heavy atom. The van der Waals surface area contributed by atoms with Gasteiger partial charge < -0.3 is 4.74 Å². The molecule has 0 aliphatic carbocycles. The van der Waals surface area contributed by atoms with Crippen LogP contribution in [0.15, 0.2) is 48.8 Å². The summed E-state index contributed by atoms with van der Waals surface area (Å²) < 4.78 is 21.0. The van der Waals surface area contributed by atoms with Crippen molar-refractivity contribution >= 4 is 0 Å². The van der Waals surface area contributed by atoms with E-state index < -0.39 is 0 Å². The molecule has 2 aromatic heterocycles. The van der Waals surface area contributed by atoms with Gasteiger partial charge in [-0.1, -0.05) is 12.1 Å². The van der Waals surface area contributed by atoms with Gasteiger partial charge in [0.2, 0.25) is 0 Å². The molecule has 146 valence electrons. The second-order valence-corrected chi connectivity index (χ2v) is 7.46. The fourth-order valence-electron chi connectivity index (χ4n) is 3.71. The normalized spacial score (nSPS) is 17.8. The molecule has 1 saturated heterocycles. The van der Waals surface area contributed by atoms with E-state index in [9.17, 15) is 4.39 Å². The lowest BCUT2D eigenvalue weighted by Crippen LogP contribution is -2.38. The lowest BCUT2D eigenvalue weighted by Gasteiger charge is -2.32. The molecule has 0 spiro atoms. The molecule has 5 nitrogen and oxygen atoms in total. The average molecular weight is 380 g/mol. The zero-order chi connectivity index (χ0) is 19.5. The van der Waals surface area contributed by atoms with E-state index in [1.54, 1.807) is 0 Å². The van der Waals surface area contributed by atoms with E-state index in [1.807, 2.05) is 37.0 Å². The number of ether oxygens (including phenoxy) is 1. The van der Waals surface area contributed by atoms with E-state index in [0.717, 1.165) is 43.0 Å². The van der Waals surface area contributed by atoms with Crippen LogP contribution in [-0.2, 0) is 24.8 Å². The minimum atomic E-state index is -0.209. The first-order chi connectivity index (χ1) is 13.5. The number of hydrogen-bond donors (Lipinski definition) is 0. The van der Waals surface area contributed by atoms with Gasteiger partial charge in [0, 0.05) is 44.1 Å². The Kier molecular flexibility index (Phi) is 5.50. The minimum absolute atomic E-state index is 0.0442. The van der Waals surface area contributed by atoms with Gasteiger partial charge >= 0.3 is 0 Å². The van der Waals surface area contributed by atoms with E-state index in [2.05, 4.69) is 28.3 Å². The van der Waals surface area contributed by atoms with Crippen molar-refractivity contribution in [1.82, 2.24) is 19.7 Å². The highest BCUT2D eigenvalue weighted by Crippen LogP contribution is 2.24. The van der Waals surface area contributed by atoms with Gasteiger partial charge in [0.15, 0.2) is 0 Å². The zero-order valence-corrected chi connectivity index (χ0v) is 16.3. The molecule has 0 bridgehead atoms. The monoisotopic (exact) mass is 380 g/mol. The van der Waals surface area contributed by atoms with E-state index in [-0.39, 0.29) is 11.9 Å². The maximum Gasteiger partial charge on any atom is 0.123 e. The van der Waals surface area contributed by atoms with Crippen molar-refractivity contribution in [3.05, 3.63) is 82.7 Å². The SMILES string of the molecule is Cc1cc(Cc2ccc(F)cc2)cc([C@@H]2CN(Cc3cnn(C)c3)CCO2)n1. The second-order valence-electron chi connectivity index (χ2n) is 7.46. The Morgan fingerprint density at radius 2 is 1.96 bits per heavy atom. The molecular formula is C22H25FN4O. The number of hydrogen-bond acceptors (Lipinski definition) is 4. The van der Waals surface area contributed by atoms with Crippen molar-refractivity contribution in [2.75, 3.05) is 19.7 Å². The smallest absolute Gasteiger partial charge is 0.123 e. The molecule has 1 aliphatic rings. The van der Waals surface area contributed by atoms with Crippen LogP contribution in [0.2, 0.25) is 0 Å². The Labute approximate surface area is 164 Å². The van der Waals surface area contributed by atoms with Gasteiger partial charge in [-0.2, -0.15) is 5.10 Å². The highest BCUT2D eigenvalue weighted by Gasteiger charge is 2.24. The summed E-state index contributed by atoms with van der Waals surface area (Å²) in [6, 6.07) is 10.9. The van der Waals surface area contributed by atoms with Gasteiger partial charge in [0.05, 0.1) is 18.5 Å². The van der Waals surface area contributed by atoms with Crippen LogP contribution < -0.4 is 0 Å². The number of pyridine rings is 1. The van der Waals surface area contributed by atoms with Gasteiger partial charge in [0.1, 0.15) is 11.9 Å². The van der Waals surface area contributed by atoms with E-state index in [1.165, 1.54) is 23.3 Å². The molecule has 0 saturated carbocycles. The van der Waals surface area contributed by atoms with E-state index >= 15 is 0 Å². The standard InChI is InChI=1S/C22H25FN4O/c1-16-9-18(10-17-3-5-20(23)6-4-17)11-21(25-16)22-15-27(7-8-28-22)14-19-12-24-26(2)13-19/h3-6,9,11-13,22H,7-8,10,14-15H2,1-2H3/t22-/m0/s1. The van der Waals surface area contributed by atoms with Crippen molar-refractivity contribution in [3.8, 4) is 0 Å². The lowest BCUT2D eigenvalue weighted by atomic mass is 10.0. The molecule has 0 amide bonds. The van der Waals surface area contributed by atoms with E-state index in [0.29, 0.717) is 6.61 Å². The molecule has 0 radical (unpaired) electrons. The molecule has 1 fully saturated rings. The Balaban J connectivity index is 1.48. The van der Waals surface area contributed by atoms with Gasteiger partial charge in [-0.15, -0.1) is 0 Å². The van der Waals surface area contributed by atoms with Crippen LogP contribution in [0.5, 0.6) is 0 Å². The van der Waals surface area contributed by atoms with Crippen LogP contribution >= 0.6 is 0 Å². The predicted molar refractivity (Wildman–Crippen MR) is 105 cm³/mol. The first kappa shape index (κ1) is 18.8. The Morgan fingerprint density at radius 1 is 1.14 bits per heavy atom. The summed E-state index contributed by atoms with van der Waals surface area (Å²) in [6.45, 7) is 5.27. The van der Waals surface area contributed by atoms with Crippen molar-refractivity contribution in [3.63, 3.8) is 0 Å². The third-order valence-corrected chi connectivity index (χ3v) is 5.00. The molecule has 3 aromatic rings. The summed E-state index contributed by atoms with van der Waals surface area (Å²) in [5, 5.41) is 4.25. The Bertz CT molecular complexity index is 938. The molecule has 1 aromatic carbocycles. The van der Waals surface area contributed by atoms with Crippen molar-refractivity contribution in [2.24, 2.45) is 7.05 Å². The summed E-state index contributed by atoms with van der Waals surface area (Å²) in [7, 11) is 1.94. The molecule has 0 unspecified atom stereocenters. The van der Waals surface area contributed by atoms with Crippen LogP contribution in [0.4, 0.5) is 4.39 Å². The summed E-state index contributed by atoms with van der Waals surface area (Å²) in [5.41, 5.74) is 5.40. The van der Waals surface area contributed by atoms with Crippen molar-refractivity contribution in [1.29, 1.82) is 0 Å². The number of rotatable bonds is 5. The highest BCUT2D eigenvalue weighted by molar-refractivity contribution is 5.29. The summed E-state index contributed by atoms with van der Waals surface area (Å²) >= 11 is 0. The molecule has 1 aliphatic heterocycles. The lowest BCUT2D eigenvalue weighted by molar-refractivity contribution is -0.0350. The molecule has 6 heteroatoms. The van der Waals surface area contributed by atoms with Crippen LogP contribution in [0, 0.1) is 12.7 Å². The number of benzene rings is 1. The fraction of sp³-hybridized carbons (Fsp3) is 0.364. The first-order valence-electron chi connectivity index (χ1n) is 9.58. The number of nitrogens with zero attached hydrogens (tertiary/aromatic N) is 4. The van der Waals surface area contributed by atoms with Crippen LogP contribution in [-0.4, -0.2) is 39.4 Å². The quantitative estimate of drug-likeness (QED) is 0.680. The van der Waals surface area contributed by atoms with Crippen molar-refractivity contribution < 1.29 is 9.13 Å². The topological polar surface area (TPSA) is 43.2 Å². The molecule has 0 N–H and O–H groups in total. The molecule has 3 heterocycles. The van der Waals surface area contributed by atoms with Crippen LogP contribution in [0.1, 0.15) is 34.2 Å². The molecule has 4 rings (SSSR count). The van der Waals surface area contributed by atoms with Crippen LogP contribution in [0.3, 0.4) is 0 Å². The average Bonchev–Trinajstić information content (AvgIpc) is 3.08. The number of halogens is 1. The maximum absolute atomic E-state index is 13.2. The van der Waals surface area contributed by atoms with Crippen LogP contribution in [0.25, 0.3) is 0 Å². The summed E-state index contributed by atoms with van der Waals surface area (Å²) in [4.78, 5) is 7.11. The van der Waals surface area contributed by atoms with Crippen molar-refractivity contribution in [2.45, 2.75) is 26.0 Å². The fourth-order valence-corrected chi connectivity index (χ4v) is 3.71. The number of morpholine rings is 1. The number of aromatic nitrogens is 3. The van der Waals surface area contributed by atoms with Gasteiger partial charge in [-0.3, -0.25) is 14.6 Å². The minimum Gasteiger partial charge on any atom is -0.369 e. The third kappa shape index (κ3) is 4.64. The summed E-state index contributed by atoms with van der Waals surface area (Å²) in [6.07, 6.45) is 4.67. The molecular weight excluding hydrogens is 355 g/mol. The van der Waals surface area contributed by atoms with Gasteiger partial charge in [0.25, 0.3) is 0 Å². The molecule has 28 heavy (non-hydrogen) atoms. The Hall–Kier alpha value is -2.57. The maximum atomic E-state index is 13.2. The van der Waals surface area contributed by atoms with E-state index in [4.69, 9.17) is 9.72 Å². The second kappa shape index (κ2) is 8.20. The summed E-state index contributed by atoms with van der Waals surface area (Å²) in [5.74, 6) is -0.209.